The molecule has 0 aliphatic carbocycles. The molecule has 1 aliphatic heterocycles. The lowest BCUT2D eigenvalue weighted by Gasteiger charge is -2.20. The highest BCUT2D eigenvalue weighted by molar-refractivity contribution is 5.90. The number of aromatic nitrogens is 2. The molecular formula is C19H26N4O3. The van der Waals surface area contributed by atoms with Crippen LogP contribution in [0.3, 0.4) is 0 Å². The summed E-state index contributed by atoms with van der Waals surface area (Å²) in [6.45, 7) is 6.57. The van der Waals surface area contributed by atoms with Gasteiger partial charge in [0.05, 0.1) is 12.3 Å². The van der Waals surface area contributed by atoms with Crippen molar-refractivity contribution >= 4 is 11.6 Å². The van der Waals surface area contributed by atoms with Gasteiger partial charge in [0, 0.05) is 57.7 Å². The first kappa shape index (κ1) is 18.4. The molecular weight excluding hydrogens is 332 g/mol. The second-order valence-corrected chi connectivity index (χ2v) is 6.39. The summed E-state index contributed by atoms with van der Waals surface area (Å²) in [5.74, 6) is 0.687. The van der Waals surface area contributed by atoms with Gasteiger partial charge in [-0.3, -0.25) is 14.4 Å². The van der Waals surface area contributed by atoms with Crippen molar-refractivity contribution < 1.29 is 14.3 Å². The molecule has 1 aromatic heterocycles. The van der Waals surface area contributed by atoms with Crippen LogP contribution in [0.25, 0.3) is 11.3 Å². The molecule has 26 heavy (non-hydrogen) atoms. The Labute approximate surface area is 153 Å². The number of ether oxygens (including phenoxy) is 2. The van der Waals surface area contributed by atoms with Crippen molar-refractivity contribution in [2.24, 2.45) is 7.05 Å². The van der Waals surface area contributed by atoms with Crippen molar-refractivity contribution in [1.29, 1.82) is 0 Å². The number of aryl methyl sites for hydroxylation is 1. The summed E-state index contributed by atoms with van der Waals surface area (Å²) >= 11 is 0. The predicted molar refractivity (Wildman–Crippen MR) is 100 cm³/mol. The van der Waals surface area contributed by atoms with Gasteiger partial charge in [0.15, 0.2) is 0 Å². The summed E-state index contributed by atoms with van der Waals surface area (Å²) < 4.78 is 13.4. The zero-order valence-corrected chi connectivity index (χ0v) is 15.4. The average molecular weight is 358 g/mol. The van der Waals surface area contributed by atoms with Crippen LogP contribution in [0.1, 0.15) is 13.3 Å². The van der Waals surface area contributed by atoms with Gasteiger partial charge >= 0.3 is 0 Å². The molecule has 0 bridgehead atoms. The smallest absolute Gasteiger partial charge is 0.221 e. The lowest BCUT2D eigenvalue weighted by molar-refractivity contribution is -0.114. The first-order chi connectivity index (χ1) is 12.6. The van der Waals surface area contributed by atoms with Gasteiger partial charge in [-0.1, -0.05) is 0 Å². The van der Waals surface area contributed by atoms with Crippen LogP contribution in [0.2, 0.25) is 0 Å². The lowest BCUT2D eigenvalue weighted by Crippen LogP contribution is -2.30. The molecule has 1 amide bonds. The Morgan fingerprint density at radius 3 is 2.96 bits per heavy atom. The summed E-state index contributed by atoms with van der Waals surface area (Å²) in [4.78, 5) is 13.7. The topological polar surface area (TPSA) is 68.6 Å². The van der Waals surface area contributed by atoms with Crippen LogP contribution in [0.5, 0.6) is 5.75 Å². The van der Waals surface area contributed by atoms with Crippen LogP contribution in [0.15, 0.2) is 30.5 Å². The third-order valence-electron chi connectivity index (χ3n) is 4.38. The van der Waals surface area contributed by atoms with Gasteiger partial charge in [-0.15, -0.1) is 0 Å². The molecule has 2 aromatic rings. The highest BCUT2D eigenvalue weighted by Crippen LogP contribution is 2.32. The van der Waals surface area contributed by atoms with Gasteiger partial charge in [-0.05, 0) is 30.7 Å². The number of carbonyl (C=O) groups excluding carboxylic acids is 1. The Kier molecular flexibility index (Phi) is 6.25. The van der Waals surface area contributed by atoms with Crippen LogP contribution in [0.4, 0.5) is 5.69 Å². The summed E-state index contributed by atoms with van der Waals surface area (Å²) in [6, 6.07) is 7.62. The number of rotatable bonds is 6. The highest BCUT2D eigenvalue weighted by atomic mass is 16.5. The van der Waals surface area contributed by atoms with E-state index in [1.165, 1.54) is 6.92 Å². The van der Waals surface area contributed by atoms with E-state index in [1.807, 2.05) is 31.3 Å². The van der Waals surface area contributed by atoms with E-state index >= 15 is 0 Å². The standard InChI is InChI=1S/C19H26N4O3/c1-15(24)21-16-4-5-19(17(14-16)18-6-7-20-22(18)2)26-13-10-23-8-3-11-25-12-9-23/h4-7,14H,3,8-13H2,1-2H3,(H,21,24). The fourth-order valence-corrected chi connectivity index (χ4v) is 3.08. The number of benzene rings is 1. The Hall–Kier alpha value is -2.38. The maximum Gasteiger partial charge on any atom is 0.221 e. The summed E-state index contributed by atoms with van der Waals surface area (Å²) in [5.41, 5.74) is 2.59. The molecule has 1 aliphatic rings. The van der Waals surface area contributed by atoms with E-state index in [-0.39, 0.29) is 5.91 Å². The van der Waals surface area contributed by atoms with Crippen LogP contribution in [-0.4, -0.2) is 60.0 Å². The Morgan fingerprint density at radius 1 is 1.31 bits per heavy atom. The largest absolute Gasteiger partial charge is 0.492 e. The fourth-order valence-electron chi connectivity index (χ4n) is 3.08. The SMILES string of the molecule is CC(=O)Nc1ccc(OCCN2CCCOCC2)c(-c2ccnn2C)c1. The van der Waals surface area contributed by atoms with Gasteiger partial charge in [0.25, 0.3) is 0 Å². The maximum absolute atomic E-state index is 11.4. The second-order valence-electron chi connectivity index (χ2n) is 6.39. The van der Waals surface area contributed by atoms with Crippen LogP contribution >= 0.6 is 0 Å². The minimum absolute atomic E-state index is 0.0991. The van der Waals surface area contributed by atoms with E-state index in [9.17, 15) is 4.79 Å². The molecule has 2 heterocycles. The van der Waals surface area contributed by atoms with Crippen LogP contribution in [-0.2, 0) is 16.6 Å². The monoisotopic (exact) mass is 358 g/mol. The third-order valence-corrected chi connectivity index (χ3v) is 4.38. The minimum Gasteiger partial charge on any atom is -0.492 e. The van der Waals surface area contributed by atoms with E-state index in [0.29, 0.717) is 6.61 Å². The fraction of sp³-hybridized carbons (Fsp3) is 0.474. The number of hydrogen-bond acceptors (Lipinski definition) is 5. The lowest BCUT2D eigenvalue weighted by atomic mass is 10.1. The number of nitrogens with one attached hydrogen (secondary N) is 1. The first-order valence-electron chi connectivity index (χ1n) is 8.96. The van der Waals surface area contributed by atoms with Gasteiger partial charge in [-0.25, -0.2) is 0 Å². The first-order valence-corrected chi connectivity index (χ1v) is 8.96. The van der Waals surface area contributed by atoms with E-state index in [4.69, 9.17) is 9.47 Å². The number of hydrogen-bond donors (Lipinski definition) is 1. The van der Waals surface area contributed by atoms with Crippen molar-refractivity contribution in [3.63, 3.8) is 0 Å². The van der Waals surface area contributed by atoms with Crippen molar-refractivity contribution in [3.05, 3.63) is 30.5 Å². The minimum atomic E-state index is -0.0991. The second kappa shape index (κ2) is 8.82. The van der Waals surface area contributed by atoms with Gasteiger partial charge < -0.3 is 14.8 Å². The zero-order valence-electron chi connectivity index (χ0n) is 15.4. The number of carbonyl (C=O) groups is 1. The molecule has 1 N–H and O–H groups in total. The molecule has 7 nitrogen and oxygen atoms in total. The molecule has 0 saturated carbocycles. The van der Waals surface area contributed by atoms with E-state index in [1.54, 1.807) is 10.9 Å². The van der Waals surface area contributed by atoms with Crippen molar-refractivity contribution in [2.75, 3.05) is 44.8 Å². The summed E-state index contributed by atoms with van der Waals surface area (Å²) in [6.07, 6.45) is 2.81. The predicted octanol–water partition coefficient (Wildman–Crippen LogP) is 2.15. The van der Waals surface area contributed by atoms with Crippen molar-refractivity contribution in [2.45, 2.75) is 13.3 Å². The van der Waals surface area contributed by atoms with E-state index in [2.05, 4.69) is 15.3 Å². The molecule has 0 unspecified atom stereocenters. The number of nitrogens with zero attached hydrogens (tertiary/aromatic N) is 3. The van der Waals surface area contributed by atoms with E-state index < -0.39 is 0 Å². The van der Waals surface area contributed by atoms with Gasteiger partial charge in [0.2, 0.25) is 5.91 Å². The van der Waals surface area contributed by atoms with Crippen molar-refractivity contribution in [1.82, 2.24) is 14.7 Å². The molecule has 0 radical (unpaired) electrons. The summed E-state index contributed by atoms with van der Waals surface area (Å²) in [7, 11) is 1.89. The average Bonchev–Trinajstić information content (AvgIpc) is 2.87. The number of amides is 1. The molecule has 1 saturated heterocycles. The van der Waals surface area contributed by atoms with Crippen molar-refractivity contribution in [3.8, 4) is 17.0 Å². The van der Waals surface area contributed by atoms with Crippen LogP contribution in [0, 0.1) is 0 Å². The molecule has 140 valence electrons. The zero-order chi connectivity index (χ0) is 18.4. The molecule has 7 heteroatoms. The normalized spacial score (nSPS) is 15.5. The Bertz CT molecular complexity index is 736. The summed E-state index contributed by atoms with van der Waals surface area (Å²) in [5, 5.41) is 7.06. The van der Waals surface area contributed by atoms with Gasteiger partial charge in [0.1, 0.15) is 12.4 Å². The Morgan fingerprint density at radius 2 is 2.19 bits per heavy atom. The highest BCUT2D eigenvalue weighted by Gasteiger charge is 2.13. The molecule has 0 atom stereocenters. The maximum atomic E-state index is 11.4. The molecule has 3 rings (SSSR count). The van der Waals surface area contributed by atoms with Crippen LogP contribution < -0.4 is 10.1 Å². The molecule has 1 fully saturated rings. The Balaban J connectivity index is 1.72. The molecule has 1 aromatic carbocycles. The van der Waals surface area contributed by atoms with E-state index in [0.717, 1.165) is 62.0 Å². The van der Waals surface area contributed by atoms with Gasteiger partial charge in [-0.2, -0.15) is 5.10 Å². The molecule has 0 spiro atoms. The number of anilines is 1. The third kappa shape index (κ3) is 4.83. The quantitative estimate of drug-likeness (QED) is 0.857.